The summed E-state index contributed by atoms with van der Waals surface area (Å²) in [6.45, 7) is 5.32. The minimum Gasteiger partial charge on any atom is -0.459 e. The second kappa shape index (κ2) is 12.9. The van der Waals surface area contributed by atoms with Crippen LogP contribution in [-0.2, 0) is 6.54 Å². The van der Waals surface area contributed by atoms with E-state index in [1.165, 1.54) is 19.3 Å². The third-order valence-corrected chi connectivity index (χ3v) is 7.09. The van der Waals surface area contributed by atoms with Crippen LogP contribution in [0.25, 0.3) is 22.1 Å². The molecule has 1 heterocycles. The summed E-state index contributed by atoms with van der Waals surface area (Å²) in [6, 6.07) is 21.8. The normalized spacial score (nSPS) is 11.1. The third-order valence-electron chi connectivity index (χ3n) is 6.84. The first kappa shape index (κ1) is 27.6. The van der Waals surface area contributed by atoms with Gasteiger partial charge in [0, 0.05) is 48.0 Å². The molecule has 0 fully saturated rings. The van der Waals surface area contributed by atoms with Crippen LogP contribution < -0.4 is 10.2 Å². The number of carbonyl (C=O) groups is 1. The fraction of sp³-hybridized carbons (Fsp3) is 0.344. The maximum absolute atomic E-state index is 13.6. The molecule has 0 unspecified atom stereocenters. The van der Waals surface area contributed by atoms with Gasteiger partial charge in [-0.25, -0.2) is 4.79 Å². The molecule has 3 aromatic carbocycles. The molecule has 0 aliphatic rings. The molecule has 0 aliphatic carbocycles. The van der Waals surface area contributed by atoms with E-state index in [9.17, 15) is 4.79 Å². The fourth-order valence-corrected chi connectivity index (χ4v) is 4.81. The molecule has 0 spiro atoms. The molecule has 4 aromatic rings. The summed E-state index contributed by atoms with van der Waals surface area (Å²) in [7, 11) is 4.00. The second-order valence-electron chi connectivity index (χ2n) is 10.1. The van der Waals surface area contributed by atoms with Crippen LogP contribution >= 0.6 is 11.6 Å². The van der Waals surface area contributed by atoms with Crippen molar-refractivity contribution in [1.29, 1.82) is 0 Å². The van der Waals surface area contributed by atoms with Gasteiger partial charge in [-0.1, -0.05) is 68.0 Å². The van der Waals surface area contributed by atoms with E-state index in [4.69, 9.17) is 16.0 Å². The first-order valence-corrected chi connectivity index (χ1v) is 13.8. The molecule has 5 nitrogen and oxygen atoms in total. The number of nitrogens with zero attached hydrogens (tertiary/aromatic N) is 2. The molecule has 0 radical (unpaired) electrons. The molecule has 4 rings (SSSR count). The van der Waals surface area contributed by atoms with Crippen molar-refractivity contribution in [2.45, 2.75) is 52.5 Å². The SMILES string of the molecule is CCCCCCCN(Cc1oc2ccc(C)cc2c1-c1ccc(Cl)cc1)C(=O)Nc1ccc(N(C)C)cc1. The van der Waals surface area contributed by atoms with Gasteiger partial charge in [-0.05, 0) is 67.4 Å². The predicted molar refractivity (Wildman–Crippen MR) is 160 cm³/mol. The number of carbonyl (C=O) groups excluding carboxylic acids is 1. The van der Waals surface area contributed by atoms with E-state index in [1.54, 1.807) is 0 Å². The van der Waals surface area contributed by atoms with Crippen LogP contribution in [0.1, 0.15) is 50.4 Å². The summed E-state index contributed by atoms with van der Waals surface area (Å²) in [5.74, 6) is 0.777. The molecule has 0 atom stereocenters. The number of halogens is 1. The smallest absolute Gasteiger partial charge is 0.322 e. The number of fused-ring (bicyclic) bond motifs is 1. The zero-order valence-electron chi connectivity index (χ0n) is 22.9. The molecule has 0 bridgehead atoms. The van der Waals surface area contributed by atoms with Crippen LogP contribution in [0.2, 0.25) is 5.02 Å². The number of urea groups is 1. The number of unbranched alkanes of at least 4 members (excludes halogenated alkanes) is 4. The van der Waals surface area contributed by atoms with E-state index >= 15 is 0 Å². The summed E-state index contributed by atoms with van der Waals surface area (Å²) in [5.41, 5.74) is 5.87. The molecule has 1 aromatic heterocycles. The van der Waals surface area contributed by atoms with E-state index in [-0.39, 0.29) is 6.03 Å². The highest BCUT2D eigenvalue weighted by molar-refractivity contribution is 6.30. The molecular formula is C32H38ClN3O2. The Morgan fingerprint density at radius 3 is 2.32 bits per heavy atom. The lowest BCUT2D eigenvalue weighted by atomic mass is 10.0. The van der Waals surface area contributed by atoms with Gasteiger partial charge in [0.25, 0.3) is 0 Å². The van der Waals surface area contributed by atoms with Gasteiger partial charge >= 0.3 is 6.03 Å². The quantitative estimate of drug-likeness (QED) is 0.196. The summed E-state index contributed by atoms with van der Waals surface area (Å²) < 4.78 is 6.40. The molecular weight excluding hydrogens is 494 g/mol. The van der Waals surface area contributed by atoms with Crippen molar-refractivity contribution in [3.63, 3.8) is 0 Å². The molecule has 200 valence electrons. The highest BCUT2D eigenvalue weighted by Crippen LogP contribution is 2.37. The third kappa shape index (κ3) is 6.90. The van der Waals surface area contributed by atoms with Gasteiger partial charge in [-0.15, -0.1) is 0 Å². The molecule has 38 heavy (non-hydrogen) atoms. The molecule has 1 N–H and O–H groups in total. The van der Waals surface area contributed by atoms with E-state index in [1.807, 2.05) is 78.5 Å². The van der Waals surface area contributed by atoms with Gasteiger partial charge in [0.15, 0.2) is 0 Å². The Kier molecular flexibility index (Phi) is 9.35. The van der Waals surface area contributed by atoms with Crippen molar-refractivity contribution >= 4 is 40.0 Å². The van der Waals surface area contributed by atoms with Crippen LogP contribution in [0, 0.1) is 6.92 Å². The maximum atomic E-state index is 13.6. The summed E-state index contributed by atoms with van der Waals surface area (Å²) in [4.78, 5) is 17.5. The molecule has 6 heteroatoms. The Labute approximate surface area is 231 Å². The second-order valence-corrected chi connectivity index (χ2v) is 10.6. The summed E-state index contributed by atoms with van der Waals surface area (Å²) in [6.07, 6.45) is 5.63. The van der Waals surface area contributed by atoms with Gasteiger partial charge in [0.1, 0.15) is 11.3 Å². The number of aryl methyl sites for hydroxylation is 1. The van der Waals surface area contributed by atoms with Crippen molar-refractivity contribution < 1.29 is 9.21 Å². The van der Waals surface area contributed by atoms with E-state index in [0.29, 0.717) is 18.1 Å². The summed E-state index contributed by atoms with van der Waals surface area (Å²) >= 11 is 6.19. The van der Waals surface area contributed by atoms with Crippen LogP contribution in [-0.4, -0.2) is 31.6 Å². The van der Waals surface area contributed by atoms with Crippen LogP contribution in [0.5, 0.6) is 0 Å². The summed E-state index contributed by atoms with van der Waals surface area (Å²) in [5, 5.41) is 4.83. The number of hydrogen-bond acceptors (Lipinski definition) is 3. The van der Waals surface area contributed by atoms with E-state index in [2.05, 4.69) is 31.3 Å². The van der Waals surface area contributed by atoms with Crippen molar-refractivity contribution in [2.24, 2.45) is 0 Å². The van der Waals surface area contributed by atoms with Crippen LogP contribution in [0.15, 0.2) is 71.1 Å². The lowest BCUT2D eigenvalue weighted by Gasteiger charge is -2.23. The molecule has 0 saturated heterocycles. The average molecular weight is 532 g/mol. The van der Waals surface area contributed by atoms with Gasteiger partial charge < -0.3 is 19.5 Å². The number of benzene rings is 3. The lowest BCUT2D eigenvalue weighted by Crippen LogP contribution is -2.35. The van der Waals surface area contributed by atoms with E-state index < -0.39 is 0 Å². The Hall–Kier alpha value is -3.44. The Morgan fingerprint density at radius 1 is 0.921 bits per heavy atom. The minimum absolute atomic E-state index is 0.128. The van der Waals surface area contributed by atoms with Crippen molar-refractivity contribution in [2.75, 3.05) is 30.9 Å². The number of furan rings is 1. The topological polar surface area (TPSA) is 48.7 Å². The largest absolute Gasteiger partial charge is 0.459 e. The van der Waals surface area contributed by atoms with Gasteiger partial charge in [-0.2, -0.15) is 0 Å². The maximum Gasteiger partial charge on any atom is 0.322 e. The zero-order chi connectivity index (χ0) is 27.1. The first-order valence-electron chi connectivity index (χ1n) is 13.5. The number of hydrogen-bond donors (Lipinski definition) is 1. The van der Waals surface area contributed by atoms with E-state index in [0.717, 1.165) is 57.6 Å². The van der Waals surface area contributed by atoms with Gasteiger partial charge in [0.2, 0.25) is 0 Å². The highest BCUT2D eigenvalue weighted by atomic mass is 35.5. The Balaban J connectivity index is 1.63. The predicted octanol–water partition coefficient (Wildman–Crippen LogP) is 9.13. The van der Waals surface area contributed by atoms with Crippen molar-refractivity contribution in [1.82, 2.24) is 4.90 Å². The van der Waals surface area contributed by atoms with Crippen molar-refractivity contribution in [3.8, 4) is 11.1 Å². The molecule has 0 saturated carbocycles. The molecule has 0 aliphatic heterocycles. The van der Waals surface area contributed by atoms with Gasteiger partial charge in [-0.3, -0.25) is 0 Å². The number of amides is 2. The van der Waals surface area contributed by atoms with Crippen LogP contribution in [0.3, 0.4) is 0 Å². The first-order chi connectivity index (χ1) is 18.4. The molecule has 2 amide bonds. The monoisotopic (exact) mass is 531 g/mol. The Morgan fingerprint density at radius 2 is 1.63 bits per heavy atom. The van der Waals surface area contributed by atoms with Crippen molar-refractivity contribution in [3.05, 3.63) is 83.1 Å². The zero-order valence-corrected chi connectivity index (χ0v) is 23.6. The number of rotatable bonds is 11. The number of nitrogens with one attached hydrogen (secondary N) is 1. The highest BCUT2D eigenvalue weighted by Gasteiger charge is 2.22. The standard InChI is InChI=1S/C32H38ClN3O2/c1-5-6-7-8-9-20-36(32(37)34-26-15-17-27(18-16-26)35(3)4)22-30-31(24-11-13-25(33)14-12-24)28-21-23(2)10-19-29(28)38-30/h10-19,21H,5-9,20,22H2,1-4H3,(H,34,37). The Bertz CT molecular complexity index is 1340. The van der Waals surface area contributed by atoms with Gasteiger partial charge in [0.05, 0.1) is 6.54 Å². The lowest BCUT2D eigenvalue weighted by molar-refractivity contribution is 0.203. The number of anilines is 2. The average Bonchev–Trinajstić information content (AvgIpc) is 3.25. The fourth-order valence-electron chi connectivity index (χ4n) is 4.68. The minimum atomic E-state index is -0.128. The van der Waals surface area contributed by atoms with Crippen LogP contribution in [0.4, 0.5) is 16.2 Å².